The van der Waals surface area contributed by atoms with Crippen LogP contribution in [0.3, 0.4) is 0 Å². The minimum absolute atomic E-state index is 0.157. The molecule has 2 aromatic rings. The zero-order valence-electron chi connectivity index (χ0n) is 11.9. The lowest BCUT2D eigenvalue weighted by Gasteiger charge is -2.17. The van der Waals surface area contributed by atoms with E-state index >= 15 is 0 Å². The molecule has 1 heterocycles. The minimum Gasteiger partial charge on any atom is -0.317 e. The zero-order valence-corrected chi connectivity index (χ0v) is 12.8. The van der Waals surface area contributed by atoms with Crippen molar-refractivity contribution in [3.8, 4) is 0 Å². The van der Waals surface area contributed by atoms with E-state index in [1.807, 2.05) is 12.1 Å². The molecule has 0 radical (unpaired) electrons. The fraction of sp³-hybridized carbons (Fsp3) is 0.412. The van der Waals surface area contributed by atoms with Crippen LogP contribution in [0.5, 0.6) is 0 Å². The molecule has 0 aliphatic heterocycles. The van der Waals surface area contributed by atoms with Crippen molar-refractivity contribution in [1.29, 1.82) is 0 Å². The third-order valence-electron chi connectivity index (χ3n) is 3.54. The standard InChI is InChI=1S/C17H22FNS/c1-2-19-12-16(4-3-15-9-10-20-13-15)11-14-5-7-17(18)8-6-14/h5-10,13,16,19H,2-4,11-12H2,1H3. The van der Waals surface area contributed by atoms with Crippen LogP contribution in [0.25, 0.3) is 0 Å². The average Bonchev–Trinajstić information content (AvgIpc) is 2.97. The molecule has 0 aliphatic carbocycles. The molecule has 0 fully saturated rings. The van der Waals surface area contributed by atoms with Crippen LogP contribution in [-0.4, -0.2) is 13.1 Å². The van der Waals surface area contributed by atoms with Gasteiger partial charge in [0.15, 0.2) is 0 Å². The van der Waals surface area contributed by atoms with Gasteiger partial charge >= 0.3 is 0 Å². The molecule has 3 heteroatoms. The van der Waals surface area contributed by atoms with Gasteiger partial charge in [0.25, 0.3) is 0 Å². The molecular weight excluding hydrogens is 269 g/mol. The summed E-state index contributed by atoms with van der Waals surface area (Å²) in [6, 6.07) is 9.11. The highest BCUT2D eigenvalue weighted by Crippen LogP contribution is 2.17. The third-order valence-corrected chi connectivity index (χ3v) is 4.27. The van der Waals surface area contributed by atoms with Gasteiger partial charge in [-0.15, -0.1) is 0 Å². The first-order valence-corrected chi connectivity index (χ1v) is 8.18. The van der Waals surface area contributed by atoms with Crippen LogP contribution in [0.2, 0.25) is 0 Å². The molecule has 0 aliphatic rings. The predicted octanol–water partition coefficient (Wildman–Crippen LogP) is 4.29. The van der Waals surface area contributed by atoms with Gasteiger partial charge in [-0.3, -0.25) is 0 Å². The average molecular weight is 291 g/mol. The molecule has 1 aromatic heterocycles. The molecule has 0 spiro atoms. The Labute approximate surface area is 124 Å². The number of nitrogens with one attached hydrogen (secondary N) is 1. The SMILES string of the molecule is CCNCC(CCc1ccsc1)Cc1ccc(F)cc1. The van der Waals surface area contributed by atoms with Crippen LogP contribution in [0.4, 0.5) is 4.39 Å². The quantitative estimate of drug-likeness (QED) is 0.765. The van der Waals surface area contributed by atoms with Crippen LogP contribution in [0.15, 0.2) is 41.1 Å². The Bertz CT molecular complexity index is 478. The molecule has 1 atom stereocenters. The second kappa shape index (κ2) is 8.18. The van der Waals surface area contributed by atoms with Crippen LogP contribution in [0, 0.1) is 11.7 Å². The van der Waals surface area contributed by atoms with Crippen molar-refractivity contribution in [3.63, 3.8) is 0 Å². The summed E-state index contributed by atoms with van der Waals surface area (Å²) in [6.45, 7) is 4.16. The predicted molar refractivity (Wildman–Crippen MR) is 84.8 cm³/mol. The van der Waals surface area contributed by atoms with Crippen LogP contribution in [-0.2, 0) is 12.8 Å². The fourth-order valence-corrected chi connectivity index (χ4v) is 3.09. The molecule has 1 N–H and O–H groups in total. The minimum atomic E-state index is -0.157. The van der Waals surface area contributed by atoms with E-state index in [4.69, 9.17) is 0 Å². The van der Waals surface area contributed by atoms with E-state index in [-0.39, 0.29) is 5.82 Å². The van der Waals surface area contributed by atoms with E-state index in [1.165, 1.54) is 17.5 Å². The highest BCUT2D eigenvalue weighted by molar-refractivity contribution is 7.07. The lowest BCUT2D eigenvalue weighted by molar-refractivity contribution is 0.449. The van der Waals surface area contributed by atoms with Gasteiger partial charge in [0, 0.05) is 0 Å². The number of benzene rings is 1. The maximum absolute atomic E-state index is 12.9. The van der Waals surface area contributed by atoms with Crippen LogP contribution in [0.1, 0.15) is 24.5 Å². The largest absolute Gasteiger partial charge is 0.317 e. The van der Waals surface area contributed by atoms with Crippen molar-refractivity contribution in [2.75, 3.05) is 13.1 Å². The topological polar surface area (TPSA) is 12.0 Å². The van der Waals surface area contributed by atoms with Crippen LogP contribution >= 0.6 is 11.3 Å². The van der Waals surface area contributed by atoms with Crippen molar-refractivity contribution in [2.45, 2.75) is 26.2 Å². The van der Waals surface area contributed by atoms with E-state index in [2.05, 4.69) is 29.1 Å². The van der Waals surface area contributed by atoms with Crippen molar-refractivity contribution in [3.05, 3.63) is 58.0 Å². The van der Waals surface area contributed by atoms with E-state index in [1.54, 1.807) is 23.5 Å². The summed E-state index contributed by atoms with van der Waals surface area (Å²) in [5.74, 6) is 0.440. The first kappa shape index (κ1) is 15.2. The number of aryl methyl sites for hydroxylation is 1. The zero-order chi connectivity index (χ0) is 14.2. The molecule has 1 nitrogen and oxygen atoms in total. The molecular formula is C17H22FNS. The number of hydrogen-bond acceptors (Lipinski definition) is 2. The van der Waals surface area contributed by atoms with E-state index in [9.17, 15) is 4.39 Å². The van der Waals surface area contributed by atoms with Crippen molar-refractivity contribution in [2.24, 2.45) is 5.92 Å². The van der Waals surface area contributed by atoms with E-state index in [0.29, 0.717) is 5.92 Å². The highest BCUT2D eigenvalue weighted by atomic mass is 32.1. The van der Waals surface area contributed by atoms with Crippen LogP contribution < -0.4 is 5.32 Å². The second-order valence-electron chi connectivity index (χ2n) is 5.17. The smallest absolute Gasteiger partial charge is 0.123 e. The van der Waals surface area contributed by atoms with Crippen molar-refractivity contribution < 1.29 is 4.39 Å². The number of hydrogen-bond donors (Lipinski definition) is 1. The highest BCUT2D eigenvalue weighted by Gasteiger charge is 2.10. The summed E-state index contributed by atoms with van der Waals surface area (Å²) in [6.07, 6.45) is 3.30. The lowest BCUT2D eigenvalue weighted by atomic mass is 9.93. The normalized spacial score (nSPS) is 12.5. The number of thiophene rings is 1. The molecule has 1 unspecified atom stereocenters. The first-order chi connectivity index (χ1) is 9.78. The van der Waals surface area contributed by atoms with Gasteiger partial charge in [0.2, 0.25) is 0 Å². The van der Waals surface area contributed by atoms with Crippen molar-refractivity contribution >= 4 is 11.3 Å². The van der Waals surface area contributed by atoms with Gasteiger partial charge in [-0.05, 0) is 78.4 Å². The lowest BCUT2D eigenvalue weighted by Crippen LogP contribution is -2.24. The van der Waals surface area contributed by atoms with Gasteiger partial charge in [-0.2, -0.15) is 11.3 Å². The van der Waals surface area contributed by atoms with E-state index < -0.39 is 0 Å². The molecule has 0 amide bonds. The van der Waals surface area contributed by atoms with Gasteiger partial charge in [-0.25, -0.2) is 4.39 Å². The Morgan fingerprint density at radius 1 is 1.15 bits per heavy atom. The Kier molecular flexibility index (Phi) is 6.22. The van der Waals surface area contributed by atoms with Gasteiger partial charge in [0.1, 0.15) is 5.82 Å². The summed E-state index contributed by atoms with van der Waals surface area (Å²) in [5.41, 5.74) is 2.65. The van der Waals surface area contributed by atoms with Gasteiger partial charge < -0.3 is 5.32 Å². The number of rotatable bonds is 8. The molecule has 20 heavy (non-hydrogen) atoms. The Morgan fingerprint density at radius 3 is 2.60 bits per heavy atom. The summed E-state index contributed by atoms with van der Waals surface area (Å²) >= 11 is 1.76. The summed E-state index contributed by atoms with van der Waals surface area (Å²) in [7, 11) is 0. The van der Waals surface area contributed by atoms with Gasteiger partial charge in [-0.1, -0.05) is 19.1 Å². The molecule has 2 rings (SSSR count). The second-order valence-corrected chi connectivity index (χ2v) is 5.95. The Balaban J connectivity index is 1.90. The van der Waals surface area contributed by atoms with E-state index in [0.717, 1.165) is 25.9 Å². The maximum atomic E-state index is 12.9. The first-order valence-electron chi connectivity index (χ1n) is 7.24. The summed E-state index contributed by atoms with van der Waals surface area (Å²) in [5, 5.41) is 7.80. The summed E-state index contributed by atoms with van der Waals surface area (Å²) < 4.78 is 12.9. The molecule has 0 saturated heterocycles. The number of halogens is 1. The van der Waals surface area contributed by atoms with Gasteiger partial charge in [0.05, 0.1) is 0 Å². The molecule has 0 saturated carbocycles. The fourth-order valence-electron chi connectivity index (χ4n) is 2.38. The molecule has 1 aromatic carbocycles. The third kappa shape index (κ3) is 5.06. The summed E-state index contributed by atoms with van der Waals surface area (Å²) in [4.78, 5) is 0. The molecule has 108 valence electrons. The van der Waals surface area contributed by atoms with Crippen molar-refractivity contribution in [1.82, 2.24) is 5.32 Å². The Morgan fingerprint density at radius 2 is 1.95 bits per heavy atom. The Hall–Kier alpha value is -1.19. The monoisotopic (exact) mass is 291 g/mol. The molecule has 0 bridgehead atoms. The maximum Gasteiger partial charge on any atom is 0.123 e.